The highest BCUT2D eigenvalue weighted by Crippen LogP contribution is 2.30. The van der Waals surface area contributed by atoms with Gasteiger partial charge < -0.3 is 26.6 Å². The highest BCUT2D eigenvalue weighted by molar-refractivity contribution is 6.73. The molecule has 226 valence electrons. The van der Waals surface area contributed by atoms with Crippen molar-refractivity contribution in [1.82, 2.24) is 0 Å². The van der Waals surface area contributed by atoms with Gasteiger partial charge in [-0.3, -0.25) is 9.59 Å². The Bertz CT molecular complexity index is 717. The smallest absolute Gasteiger partial charge is 0.323 e. The van der Waals surface area contributed by atoms with Gasteiger partial charge in [0.15, 0.2) is 45.5 Å². The Hall–Kier alpha value is 0.0813. The summed E-state index contributed by atoms with van der Waals surface area (Å²) >= 11 is 0. The minimum Gasteiger partial charge on any atom is -0.518 e. The van der Waals surface area contributed by atoms with Crippen LogP contribution in [-0.2, 0) is 36.1 Å². The van der Waals surface area contributed by atoms with Gasteiger partial charge in [0.2, 0.25) is 16.6 Å². The van der Waals surface area contributed by atoms with E-state index in [4.69, 9.17) is 26.6 Å². The minimum absolute atomic E-state index is 0.468. The van der Waals surface area contributed by atoms with Crippen molar-refractivity contribution < 1.29 is 36.1 Å². The van der Waals surface area contributed by atoms with Gasteiger partial charge in [-0.05, 0) is 118 Å². The lowest BCUT2D eigenvalue weighted by Gasteiger charge is -2.44. The summed E-state index contributed by atoms with van der Waals surface area (Å²) in [7, 11) is -13.7. The third-order valence-corrected chi connectivity index (χ3v) is 9.65. The van der Waals surface area contributed by atoms with E-state index in [-0.39, 0.29) is 0 Å². The van der Waals surface area contributed by atoms with Crippen molar-refractivity contribution in [1.29, 1.82) is 0 Å². The Morgan fingerprint density at radius 1 is 0.368 bits per heavy atom. The van der Waals surface area contributed by atoms with Gasteiger partial charge in [0.25, 0.3) is 0 Å². The Kier molecular flexibility index (Phi) is 13.4. The molecule has 4 atom stereocenters. The van der Waals surface area contributed by atoms with Crippen LogP contribution >= 0.6 is 0 Å². The van der Waals surface area contributed by atoms with Crippen molar-refractivity contribution in [3.05, 3.63) is 0 Å². The molecule has 0 unspecified atom stereocenters. The van der Waals surface area contributed by atoms with Gasteiger partial charge in [-0.1, -0.05) is 0 Å². The quantitative estimate of drug-likeness (QED) is 0.184. The number of carbonyl (C=O) groups is 2. The molecule has 0 rings (SSSR count). The summed E-state index contributed by atoms with van der Waals surface area (Å²) in [5.74, 6) is -0.936. The first-order chi connectivity index (χ1) is 16.4. The van der Waals surface area contributed by atoms with E-state index in [1.54, 1.807) is 0 Å². The number of rotatable bonds is 15. The Labute approximate surface area is 239 Å². The molecule has 0 aromatic carbocycles. The standard InChI is InChI=1S/C24H58O8Si6/c1-33(2,3)27-19(21(29-35(7,8)9)23(25)31-37(13,14)15)20(28-34(4,5)6)22(30-36(10,11)12)24(26)32-38(16,17)18/h19-22H,1-18H3/t19-,20+,21-,22+. The molecule has 0 aromatic rings. The van der Waals surface area contributed by atoms with Gasteiger partial charge in [-0.25, -0.2) is 0 Å². The van der Waals surface area contributed by atoms with Gasteiger partial charge in [-0.2, -0.15) is 0 Å². The summed E-state index contributed by atoms with van der Waals surface area (Å²) in [6, 6.07) is 0. The average Bonchev–Trinajstić information content (AvgIpc) is 2.54. The number of hydrogen-bond acceptors (Lipinski definition) is 8. The number of carbonyl (C=O) groups excluding carboxylic acids is 2. The zero-order valence-electron chi connectivity index (χ0n) is 27.6. The van der Waals surface area contributed by atoms with Crippen LogP contribution in [-0.4, -0.2) is 86.3 Å². The van der Waals surface area contributed by atoms with Gasteiger partial charge in [-0.15, -0.1) is 0 Å². The molecule has 0 heterocycles. The molecule has 0 amide bonds. The van der Waals surface area contributed by atoms with E-state index in [9.17, 15) is 9.59 Å². The molecular weight excluding hydrogens is 585 g/mol. The summed E-state index contributed by atoms with van der Waals surface area (Å²) in [4.78, 5) is 27.6. The molecule has 38 heavy (non-hydrogen) atoms. The molecule has 8 nitrogen and oxygen atoms in total. The van der Waals surface area contributed by atoms with Crippen molar-refractivity contribution in [2.24, 2.45) is 0 Å². The van der Waals surface area contributed by atoms with E-state index in [1.165, 1.54) is 0 Å². The zero-order chi connectivity index (χ0) is 30.7. The predicted molar refractivity (Wildman–Crippen MR) is 172 cm³/mol. The van der Waals surface area contributed by atoms with Crippen LogP contribution in [0.2, 0.25) is 118 Å². The molecule has 0 aliphatic rings. The third kappa shape index (κ3) is 17.7. The van der Waals surface area contributed by atoms with Crippen molar-refractivity contribution >= 4 is 61.8 Å². The zero-order valence-corrected chi connectivity index (χ0v) is 33.6. The molecule has 0 bridgehead atoms. The second-order valence-electron chi connectivity index (χ2n) is 15.8. The Morgan fingerprint density at radius 3 is 0.737 bits per heavy atom. The van der Waals surface area contributed by atoms with Gasteiger partial charge in [0.05, 0.1) is 0 Å². The highest BCUT2D eigenvalue weighted by Gasteiger charge is 2.51. The van der Waals surface area contributed by atoms with Crippen LogP contribution in [0.4, 0.5) is 0 Å². The fraction of sp³-hybridized carbons (Fsp3) is 0.917. The average molecular weight is 643 g/mol. The Balaban J connectivity index is 7.27. The fourth-order valence-electron chi connectivity index (χ4n) is 3.40. The van der Waals surface area contributed by atoms with E-state index >= 15 is 0 Å². The maximum Gasteiger partial charge on any atom is 0.323 e. The van der Waals surface area contributed by atoms with Crippen LogP contribution in [0.3, 0.4) is 0 Å². The maximum absolute atomic E-state index is 13.8. The van der Waals surface area contributed by atoms with Crippen molar-refractivity contribution in [3.63, 3.8) is 0 Å². The van der Waals surface area contributed by atoms with Crippen LogP contribution in [0, 0.1) is 0 Å². The summed E-state index contributed by atoms with van der Waals surface area (Å²) < 4.78 is 38.6. The maximum atomic E-state index is 13.8. The van der Waals surface area contributed by atoms with E-state index in [2.05, 4.69) is 39.3 Å². The topological polar surface area (TPSA) is 89.5 Å². The van der Waals surface area contributed by atoms with Crippen LogP contribution in [0.15, 0.2) is 0 Å². The van der Waals surface area contributed by atoms with E-state index in [1.807, 2.05) is 78.6 Å². The SMILES string of the molecule is C[Si](C)(C)OC(=O)[C@@H](O[Si](C)(C)C)[C@@H](O[Si](C)(C)C)[C@@H](O[Si](C)(C)C)[C@@H](O[Si](C)(C)C)C(=O)O[Si](C)(C)C. The van der Waals surface area contributed by atoms with Crippen molar-refractivity contribution in [2.75, 3.05) is 0 Å². The first-order valence-electron chi connectivity index (χ1n) is 13.6. The molecule has 0 aliphatic carbocycles. The highest BCUT2D eigenvalue weighted by atomic mass is 28.4. The molecule has 0 aromatic heterocycles. The van der Waals surface area contributed by atoms with Gasteiger partial charge in [0.1, 0.15) is 12.2 Å². The van der Waals surface area contributed by atoms with Crippen LogP contribution < -0.4 is 0 Å². The molecule has 0 radical (unpaired) electrons. The van der Waals surface area contributed by atoms with E-state index in [0.29, 0.717) is 0 Å². The first-order valence-corrected chi connectivity index (χ1v) is 34.0. The predicted octanol–water partition coefficient (Wildman–Crippen LogP) is 6.62. The molecule has 0 saturated heterocycles. The van der Waals surface area contributed by atoms with E-state index < -0.39 is 86.3 Å². The molecule has 0 aliphatic heterocycles. The number of hydrogen-bond donors (Lipinski definition) is 0. The summed E-state index contributed by atoms with van der Waals surface area (Å²) in [6.07, 6.45) is -3.93. The Morgan fingerprint density at radius 2 is 0.579 bits per heavy atom. The van der Waals surface area contributed by atoms with Crippen molar-refractivity contribution in [3.8, 4) is 0 Å². The normalized spacial score (nSPS) is 17.4. The molecule has 0 N–H and O–H groups in total. The summed E-state index contributed by atoms with van der Waals surface area (Å²) in [5, 5.41) is 0. The van der Waals surface area contributed by atoms with Crippen LogP contribution in [0.25, 0.3) is 0 Å². The lowest BCUT2D eigenvalue weighted by Crippen LogP contribution is -2.62. The summed E-state index contributed by atoms with van der Waals surface area (Å²) in [6.45, 7) is 36.2. The van der Waals surface area contributed by atoms with Gasteiger partial charge in [0, 0.05) is 0 Å². The molecular formula is C24H58O8Si6. The van der Waals surface area contributed by atoms with E-state index in [0.717, 1.165) is 0 Å². The molecule has 0 spiro atoms. The molecule has 14 heteroatoms. The summed E-state index contributed by atoms with van der Waals surface area (Å²) in [5.41, 5.74) is 0. The monoisotopic (exact) mass is 642 g/mol. The van der Waals surface area contributed by atoms with Crippen molar-refractivity contribution in [2.45, 2.75) is 142 Å². The second kappa shape index (κ2) is 13.4. The third-order valence-electron chi connectivity index (χ3n) is 4.14. The van der Waals surface area contributed by atoms with Crippen LogP contribution in [0.1, 0.15) is 0 Å². The first kappa shape index (κ1) is 38.1. The van der Waals surface area contributed by atoms with Gasteiger partial charge >= 0.3 is 11.9 Å². The lowest BCUT2D eigenvalue weighted by atomic mass is 10.0. The van der Waals surface area contributed by atoms with Crippen LogP contribution in [0.5, 0.6) is 0 Å². The second-order valence-corrected chi connectivity index (χ2v) is 42.5. The molecule has 0 fully saturated rings. The fourth-order valence-corrected chi connectivity index (χ4v) is 8.97. The minimum atomic E-state index is -2.30. The molecule has 0 saturated carbocycles. The largest absolute Gasteiger partial charge is 0.518 e. The lowest BCUT2D eigenvalue weighted by molar-refractivity contribution is -0.164.